The van der Waals surface area contributed by atoms with Crippen molar-refractivity contribution in [2.45, 2.75) is 13.0 Å². The van der Waals surface area contributed by atoms with Crippen LogP contribution in [-0.4, -0.2) is 25.6 Å². The number of carbonyl (C=O) groups is 1. The number of hydrogen-bond donors (Lipinski definition) is 1. The molecule has 0 fully saturated rings. The van der Waals surface area contributed by atoms with Gasteiger partial charge >= 0.3 is 0 Å². The molecule has 0 bridgehead atoms. The van der Waals surface area contributed by atoms with E-state index >= 15 is 0 Å². The molecule has 2 N–H and O–H groups in total. The third-order valence-electron chi connectivity index (χ3n) is 1.73. The maximum atomic E-state index is 11.1. The Morgan fingerprint density at radius 2 is 2.12 bits per heavy atom. The molecule has 0 aromatic carbocycles. The summed E-state index contributed by atoms with van der Waals surface area (Å²) < 4.78 is 26.5. The molecular formula is C9H12N2O4S. The fraction of sp³-hybridized carbons (Fsp3) is 0.333. The lowest BCUT2D eigenvalue weighted by molar-refractivity contribution is -0.124. The van der Waals surface area contributed by atoms with E-state index in [0.29, 0.717) is 5.56 Å². The highest BCUT2D eigenvalue weighted by Gasteiger charge is 2.23. The van der Waals surface area contributed by atoms with E-state index in [2.05, 4.69) is 9.17 Å². The maximum Gasteiger partial charge on any atom is 0.265 e. The van der Waals surface area contributed by atoms with Crippen molar-refractivity contribution in [3.8, 4) is 0 Å². The number of pyridine rings is 1. The van der Waals surface area contributed by atoms with Gasteiger partial charge in [-0.1, -0.05) is 0 Å². The first-order chi connectivity index (χ1) is 7.29. The Labute approximate surface area is 93.6 Å². The van der Waals surface area contributed by atoms with Crippen molar-refractivity contribution in [1.29, 1.82) is 0 Å². The van der Waals surface area contributed by atoms with Gasteiger partial charge in [0.05, 0.1) is 6.26 Å². The number of amides is 1. The van der Waals surface area contributed by atoms with Crippen molar-refractivity contribution in [1.82, 2.24) is 4.98 Å². The number of aromatic nitrogens is 1. The molecule has 88 valence electrons. The second kappa shape index (κ2) is 4.58. The molecule has 0 aliphatic carbocycles. The molecule has 0 spiro atoms. The topological polar surface area (TPSA) is 99.3 Å². The lowest BCUT2D eigenvalue weighted by atomic mass is 10.1. The van der Waals surface area contributed by atoms with Crippen LogP contribution in [0.2, 0.25) is 0 Å². The molecule has 0 aliphatic rings. The van der Waals surface area contributed by atoms with Crippen molar-refractivity contribution in [2.75, 3.05) is 6.26 Å². The minimum atomic E-state index is -3.76. The Balaban J connectivity index is 3.08. The molecule has 7 heteroatoms. The van der Waals surface area contributed by atoms with Crippen molar-refractivity contribution in [3.05, 3.63) is 29.6 Å². The second-order valence-electron chi connectivity index (χ2n) is 3.38. The van der Waals surface area contributed by atoms with Crippen LogP contribution in [0.4, 0.5) is 0 Å². The Hall–Kier alpha value is -1.47. The zero-order valence-corrected chi connectivity index (χ0v) is 9.69. The summed E-state index contributed by atoms with van der Waals surface area (Å²) in [5, 5.41) is 0. The van der Waals surface area contributed by atoms with E-state index in [0.717, 1.165) is 11.8 Å². The highest BCUT2D eigenvalue weighted by Crippen LogP contribution is 2.18. The molecule has 1 amide bonds. The summed E-state index contributed by atoms with van der Waals surface area (Å²) in [4.78, 5) is 14.9. The quantitative estimate of drug-likeness (QED) is 0.745. The van der Waals surface area contributed by atoms with E-state index < -0.39 is 22.1 Å². The van der Waals surface area contributed by atoms with Crippen LogP contribution in [0.3, 0.4) is 0 Å². The van der Waals surface area contributed by atoms with Gasteiger partial charge in [0.25, 0.3) is 16.0 Å². The minimum Gasteiger partial charge on any atom is -0.367 e. The van der Waals surface area contributed by atoms with Crippen LogP contribution in [0.1, 0.15) is 17.2 Å². The van der Waals surface area contributed by atoms with Crippen LogP contribution < -0.4 is 5.73 Å². The molecule has 16 heavy (non-hydrogen) atoms. The van der Waals surface area contributed by atoms with Gasteiger partial charge in [0.1, 0.15) is 0 Å². The molecule has 6 nitrogen and oxygen atoms in total. The zero-order chi connectivity index (χ0) is 12.3. The summed E-state index contributed by atoms with van der Waals surface area (Å²) in [7, 11) is -3.76. The van der Waals surface area contributed by atoms with Gasteiger partial charge in [-0.3, -0.25) is 14.0 Å². The minimum absolute atomic E-state index is 0.318. The average molecular weight is 244 g/mol. The molecule has 1 rings (SSSR count). The van der Waals surface area contributed by atoms with Crippen LogP contribution in [0, 0.1) is 6.92 Å². The number of primary amides is 1. The number of nitrogens with two attached hydrogens (primary N) is 1. The summed E-state index contributed by atoms with van der Waals surface area (Å²) in [6.45, 7) is 1.76. The molecule has 1 unspecified atom stereocenters. The van der Waals surface area contributed by atoms with Crippen LogP contribution in [-0.2, 0) is 19.1 Å². The molecule has 0 aliphatic heterocycles. The number of carbonyl (C=O) groups excluding carboxylic acids is 1. The Kier molecular flexibility index (Phi) is 3.61. The molecule has 0 saturated heterocycles. The van der Waals surface area contributed by atoms with Gasteiger partial charge in [0, 0.05) is 18.0 Å². The van der Waals surface area contributed by atoms with E-state index in [-0.39, 0.29) is 0 Å². The van der Waals surface area contributed by atoms with Gasteiger partial charge in [0.15, 0.2) is 6.10 Å². The Morgan fingerprint density at radius 1 is 1.50 bits per heavy atom. The third kappa shape index (κ3) is 3.59. The van der Waals surface area contributed by atoms with Gasteiger partial charge in [-0.15, -0.1) is 0 Å². The third-order valence-corrected chi connectivity index (χ3v) is 2.27. The first-order valence-corrected chi connectivity index (χ1v) is 6.20. The zero-order valence-electron chi connectivity index (χ0n) is 8.88. The van der Waals surface area contributed by atoms with E-state index in [1.54, 1.807) is 19.2 Å². The van der Waals surface area contributed by atoms with Crippen LogP contribution in [0.5, 0.6) is 0 Å². The van der Waals surface area contributed by atoms with Gasteiger partial charge in [0.2, 0.25) is 0 Å². The van der Waals surface area contributed by atoms with Crippen molar-refractivity contribution in [2.24, 2.45) is 5.73 Å². The van der Waals surface area contributed by atoms with Crippen LogP contribution in [0.25, 0.3) is 0 Å². The second-order valence-corrected chi connectivity index (χ2v) is 4.98. The van der Waals surface area contributed by atoms with Crippen molar-refractivity contribution in [3.63, 3.8) is 0 Å². The van der Waals surface area contributed by atoms with Crippen molar-refractivity contribution >= 4 is 16.0 Å². The van der Waals surface area contributed by atoms with Crippen molar-refractivity contribution < 1.29 is 17.4 Å². The van der Waals surface area contributed by atoms with Crippen LogP contribution >= 0.6 is 0 Å². The summed E-state index contributed by atoms with van der Waals surface area (Å²) in [5.41, 5.74) is 6.17. The van der Waals surface area contributed by atoms with E-state index in [4.69, 9.17) is 5.73 Å². The first kappa shape index (κ1) is 12.6. The molecule has 1 aromatic heterocycles. The number of aryl methyl sites for hydroxylation is 1. The Morgan fingerprint density at radius 3 is 2.56 bits per heavy atom. The monoisotopic (exact) mass is 244 g/mol. The standard InChI is InChI=1S/C9H12N2O4S/c1-6-3-7(5-11-4-6)8(9(10)12)15-16(2,13)14/h3-5,8H,1-2H3,(H2,10,12). The molecule has 0 radical (unpaired) electrons. The SMILES string of the molecule is Cc1cncc(C(OS(C)(=O)=O)C(N)=O)c1. The summed E-state index contributed by atoms with van der Waals surface area (Å²) in [6.07, 6.45) is 2.43. The highest BCUT2D eigenvalue weighted by molar-refractivity contribution is 7.86. The van der Waals surface area contributed by atoms with Gasteiger partial charge in [-0.25, -0.2) is 0 Å². The fourth-order valence-corrected chi connectivity index (χ4v) is 1.72. The summed E-state index contributed by atoms with van der Waals surface area (Å²) in [6, 6.07) is 1.59. The van der Waals surface area contributed by atoms with Crippen LogP contribution in [0.15, 0.2) is 18.5 Å². The molecular weight excluding hydrogens is 232 g/mol. The van der Waals surface area contributed by atoms with Gasteiger partial charge in [-0.05, 0) is 18.6 Å². The molecule has 1 atom stereocenters. The lowest BCUT2D eigenvalue weighted by Crippen LogP contribution is -2.26. The van der Waals surface area contributed by atoms with Gasteiger partial charge < -0.3 is 5.73 Å². The largest absolute Gasteiger partial charge is 0.367 e. The molecule has 1 aromatic rings. The average Bonchev–Trinajstić information content (AvgIpc) is 2.12. The molecule has 0 saturated carbocycles. The van der Waals surface area contributed by atoms with E-state index in [1.165, 1.54) is 6.20 Å². The van der Waals surface area contributed by atoms with E-state index in [1.807, 2.05) is 0 Å². The highest BCUT2D eigenvalue weighted by atomic mass is 32.2. The Bertz CT molecular complexity index is 498. The first-order valence-electron chi connectivity index (χ1n) is 4.39. The normalized spacial score (nSPS) is 13.4. The number of rotatable bonds is 4. The summed E-state index contributed by atoms with van der Waals surface area (Å²) >= 11 is 0. The predicted octanol–water partition coefficient (Wildman–Crippen LogP) is -0.107. The molecule has 1 heterocycles. The predicted molar refractivity (Wildman–Crippen MR) is 56.8 cm³/mol. The smallest absolute Gasteiger partial charge is 0.265 e. The van der Waals surface area contributed by atoms with Gasteiger partial charge in [-0.2, -0.15) is 8.42 Å². The fourth-order valence-electron chi connectivity index (χ4n) is 1.16. The van der Waals surface area contributed by atoms with E-state index in [9.17, 15) is 13.2 Å². The summed E-state index contributed by atoms with van der Waals surface area (Å²) in [5.74, 6) is -0.877. The maximum absolute atomic E-state index is 11.1. The number of nitrogens with zero attached hydrogens (tertiary/aromatic N) is 1. The number of hydrogen-bond acceptors (Lipinski definition) is 5. The lowest BCUT2D eigenvalue weighted by Gasteiger charge is -2.12.